The Morgan fingerprint density at radius 2 is 1.92 bits per heavy atom. The summed E-state index contributed by atoms with van der Waals surface area (Å²) in [6.45, 7) is 2.23. The molecule has 0 aliphatic carbocycles. The van der Waals surface area contributed by atoms with E-state index in [4.69, 9.17) is 0 Å². The molecule has 24 heavy (non-hydrogen) atoms. The SMILES string of the molecule is Cc1ccc(S(=O)(=O)C2N=CC=C2NCc2cccc(F)c2)cc1. The first-order chi connectivity index (χ1) is 11.5. The van der Waals surface area contributed by atoms with Crippen LogP contribution >= 0.6 is 0 Å². The van der Waals surface area contributed by atoms with Crippen molar-refractivity contribution in [3.63, 3.8) is 0 Å². The predicted octanol–water partition coefficient (Wildman–Crippen LogP) is 2.99. The highest BCUT2D eigenvalue weighted by Gasteiger charge is 2.32. The first-order valence-electron chi connectivity index (χ1n) is 7.49. The van der Waals surface area contributed by atoms with Crippen molar-refractivity contribution >= 4 is 16.1 Å². The minimum absolute atomic E-state index is 0.232. The molecule has 2 aromatic carbocycles. The normalized spacial score (nSPS) is 16.9. The third-order valence-electron chi connectivity index (χ3n) is 3.77. The van der Waals surface area contributed by atoms with Gasteiger partial charge in [0.15, 0.2) is 5.37 Å². The monoisotopic (exact) mass is 344 g/mol. The number of halogens is 1. The summed E-state index contributed by atoms with van der Waals surface area (Å²) in [6, 6.07) is 12.9. The topological polar surface area (TPSA) is 58.5 Å². The molecule has 0 saturated heterocycles. The van der Waals surface area contributed by atoms with E-state index in [1.807, 2.05) is 6.92 Å². The Morgan fingerprint density at radius 1 is 1.17 bits per heavy atom. The van der Waals surface area contributed by atoms with E-state index in [-0.39, 0.29) is 10.7 Å². The lowest BCUT2D eigenvalue weighted by atomic mass is 10.2. The van der Waals surface area contributed by atoms with E-state index in [0.717, 1.165) is 11.1 Å². The van der Waals surface area contributed by atoms with E-state index >= 15 is 0 Å². The van der Waals surface area contributed by atoms with Crippen LogP contribution in [0.2, 0.25) is 0 Å². The lowest BCUT2D eigenvalue weighted by molar-refractivity contribution is 0.583. The fourth-order valence-corrected chi connectivity index (χ4v) is 3.97. The van der Waals surface area contributed by atoms with Crippen molar-refractivity contribution in [2.24, 2.45) is 4.99 Å². The van der Waals surface area contributed by atoms with Crippen LogP contribution in [0.25, 0.3) is 0 Å². The van der Waals surface area contributed by atoms with E-state index in [0.29, 0.717) is 12.2 Å². The summed E-state index contributed by atoms with van der Waals surface area (Å²) in [6.07, 6.45) is 3.11. The molecule has 2 aromatic rings. The Bertz CT molecular complexity index is 903. The van der Waals surface area contributed by atoms with E-state index < -0.39 is 15.2 Å². The largest absolute Gasteiger partial charge is 0.382 e. The van der Waals surface area contributed by atoms with Crippen molar-refractivity contribution in [1.82, 2.24) is 5.32 Å². The van der Waals surface area contributed by atoms with Gasteiger partial charge in [0, 0.05) is 12.8 Å². The Hall–Kier alpha value is -2.47. The van der Waals surface area contributed by atoms with Crippen LogP contribution in [0.1, 0.15) is 11.1 Å². The summed E-state index contributed by atoms with van der Waals surface area (Å²) in [4.78, 5) is 4.31. The lowest BCUT2D eigenvalue weighted by Gasteiger charge is -2.16. The molecule has 0 fully saturated rings. The van der Waals surface area contributed by atoms with Gasteiger partial charge in [-0.25, -0.2) is 12.8 Å². The highest BCUT2D eigenvalue weighted by molar-refractivity contribution is 7.92. The number of nitrogens with zero attached hydrogens (tertiary/aromatic N) is 1. The summed E-state index contributed by atoms with van der Waals surface area (Å²) >= 11 is 0. The molecule has 0 aromatic heterocycles. The molecule has 124 valence electrons. The van der Waals surface area contributed by atoms with Gasteiger partial charge in [0.1, 0.15) is 5.82 Å². The summed E-state index contributed by atoms with van der Waals surface area (Å²) in [5, 5.41) is 2.06. The maximum atomic E-state index is 13.2. The van der Waals surface area contributed by atoms with Gasteiger partial charge in [-0.3, -0.25) is 4.99 Å². The first kappa shape index (κ1) is 16.4. The molecular formula is C18H17FN2O2S. The van der Waals surface area contributed by atoms with Crippen molar-refractivity contribution in [2.75, 3.05) is 0 Å². The number of rotatable bonds is 5. The van der Waals surface area contributed by atoms with Gasteiger partial charge in [-0.05, 0) is 42.8 Å². The molecule has 1 atom stereocenters. The zero-order valence-corrected chi connectivity index (χ0v) is 13.9. The zero-order chi connectivity index (χ0) is 17.2. The number of aryl methyl sites for hydroxylation is 1. The number of nitrogens with one attached hydrogen (secondary N) is 1. The van der Waals surface area contributed by atoms with Crippen molar-refractivity contribution < 1.29 is 12.8 Å². The molecule has 0 amide bonds. The van der Waals surface area contributed by atoms with Crippen LogP contribution in [-0.4, -0.2) is 20.0 Å². The quantitative estimate of drug-likeness (QED) is 0.907. The van der Waals surface area contributed by atoms with Crippen LogP contribution < -0.4 is 5.32 Å². The van der Waals surface area contributed by atoms with Gasteiger partial charge in [-0.15, -0.1) is 0 Å². The molecule has 0 saturated carbocycles. The van der Waals surface area contributed by atoms with Crippen molar-refractivity contribution in [3.05, 3.63) is 77.2 Å². The molecular weight excluding hydrogens is 327 g/mol. The lowest BCUT2D eigenvalue weighted by Crippen LogP contribution is -2.28. The van der Waals surface area contributed by atoms with Crippen LogP contribution in [0, 0.1) is 12.7 Å². The average molecular weight is 344 g/mol. The summed E-state index contributed by atoms with van der Waals surface area (Å²) in [5.41, 5.74) is 2.21. The van der Waals surface area contributed by atoms with Crippen LogP contribution in [0.4, 0.5) is 4.39 Å². The maximum absolute atomic E-state index is 13.2. The van der Waals surface area contributed by atoms with Gasteiger partial charge in [0.25, 0.3) is 0 Å². The molecule has 3 rings (SSSR count). The summed E-state index contributed by atoms with van der Waals surface area (Å²) in [7, 11) is -3.62. The van der Waals surface area contributed by atoms with Gasteiger partial charge < -0.3 is 5.32 Å². The van der Waals surface area contributed by atoms with Crippen LogP contribution in [0.3, 0.4) is 0 Å². The fourth-order valence-electron chi connectivity index (χ4n) is 2.47. The van der Waals surface area contributed by atoms with Gasteiger partial charge in [-0.2, -0.15) is 0 Å². The number of benzene rings is 2. The molecule has 6 heteroatoms. The smallest absolute Gasteiger partial charge is 0.207 e. The van der Waals surface area contributed by atoms with E-state index in [1.54, 1.807) is 42.5 Å². The number of hydrogen-bond donors (Lipinski definition) is 1. The minimum atomic E-state index is -3.62. The average Bonchev–Trinajstić information content (AvgIpc) is 3.03. The second-order valence-electron chi connectivity index (χ2n) is 5.61. The van der Waals surface area contributed by atoms with E-state index in [9.17, 15) is 12.8 Å². The molecule has 1 N–H and O–H groups in total. The Morgan fingerprint density at radius 3 is 2.62 bits per heavy atom. The van der Waals surface area contributed by atoms with E-state index in [2.05, 4.69) is 10.3 Å². The second-order valence-corrected chi connectivity index (χ2v) is 7.62. The molecule has 1 aliphatic heterocycles. The van der Waals surface area contributed by atoms with Crippen LogP contribution in [0.15, 0.2) is 70.2 Å². The Labute approximate surface area is 140 Å². The maximum Gasteiger partial charge on any atom is 0.207 e. The van der Waals surface area contributed by atoms with Gasteiger partial charge in [0.05, 0.1) is 10.6 Å². The Balaban J connectivity index is 1.77. The number of allylic oxidation sites excluding steroid dienone is 1. The van der Waals surface area contributed by atoms with Crippen LogP contribution in [0.5, 0.6) is 0 Å². The summed E-state index contributed by atoms with van der Waals surface area (Å²) in [5.74, 6) is -0.324. The second kappa shape index (κ2) is 6.57. The fraction of sp³-hybridized carbons (Fsp3) is 0.167. The molecule has 1 heterocycles. The van der Waals surface area contributed by atoms with Crippen molar-refractivity contribution in [2.45, 2.75) is 23.7 Å². The molecule has 0 bridgehead atoms. The number of hydrogen-bond acceptors (Lipinski definition) is 4. The number of aliphatic imine (C=N–C) groups is 1. The molecule has 0 radical (unpaired) electrons. The molecule has 0 spiro atoms. The summed E-state index contributed by atoms with van der Waals surface area (Å²) < 4.78 is 38.8. The van der Waals surface area contributed by atoms with E-state index in [1.165, 1.54) is 18.3 Å². The predicted molar refractivity (Wildman–Crippen MR) is 92.0 cm³/mol. The van der Waals surface area contributed by atoms with Gasteiger partial charge >= 0.3 is 0 Å². The van der Waals surface area contributed by atoms with Gasteiger partial charge in [-0.1, -0.05) is 29.8 Å². The standard InChI is InChI=1S/C18H17FN2O2S/c1-13-5-7-16(8-6-13)24(22,23)18-17(9-10-20-18)21-12-14-3-2-4-15(19)11-14/h2-11,18,21H,12H2,1H3. The molecule has 1 aliphatic rings. The highest BCUT2D eigenvalue weighted by Crippen LogP contribution is 2.24. The third-order valence-corrected chi connectivity index (χ3v) is 5.66. The van der Waals surface area contributed by atoms with Gasteiger partial charge in [0.2, 0.25) is 9.84 Å². The molecule has 1 unspecified atom stereocenters. The highest BCUT2D eigenvalue weighted by atomic mass is 32.2. The first-order valence-corrected chi connectivity index (χ1v) is 9.04. The van der Waals surface area contributed by atoms with Crippen molar-refractivity contribution in [1.29, 1.82) is 0 Å². The van der Waals surface area contributed by atoms with Crippen LogP contribution in [-0.2, 0) is 16.4 Å². The molecule has 4 nitrogen and oxygen atoms in total. The van der Waals surface area contributed by atoms with Crippen molar-refractivity contribution in [3.8, 4) is 0 Å². The minimum Gasteiger partial charge on any atom is -0.382 e. The third kappa shape index (κ3) is 3.38. The number of sulfone groups is 1. The zero-order valence-electron chi connectivity index (χ0n) is 13.1. The Kier molecular flexibility index (Phi) is 4.49.